The number of benzene rings is 2. The Morgan fingerprint density at radius 1 is 1.26 bits per heavy atom. The van der Waals surface area contributed by atoms with Gasteiger partial charge in [0.25, 0.3) is 0 Å². The van der Waals surface area contributed by atoms with Gasteiger partial charge in [-0.25, -0.2) is 4.79 Å². The van der Waals surface area contributed by atoms with Crippen molar-refractivity contribution in [3.63, 3.8) is 0 Å². The molecule has 1 aliphatic rings. The highest BCUT2D eigenvalue weighted by atomic mass is 79.9. The molecule has 2 aromatic rings. The summed E-state index contributed by atoms with van der Waals surface area (Å²) in [7, 11) is 0. The molecule has 2 aromatic carbocycles. The summed E-state index contributed by atoms with van der Waals surface area (Å²) in [6.45, 7) is 1.87. The van der Waals surface area contributed by atoms with Gasteiger partial charge in [-0.05, 0) is 37.6 Å². The van der Waals surface area contributed by atoms with Gasteiger partial charge < -0.3 is 14.7 Å². The van der Waals surface area contributed by atoms with E-state index in [0.717, 1.165) is 4.47 Å². The number of nitriles is 1. The molecule has 1 N–H and O–H groups in total. The number of nitrogens with zero attached hydrogens (tertiary/aromatic N) is 2. The number of rotatable bonds is 4. The van der Waals surface area contributed by atoms with Crippen LogP contribution in [0.2, 0.25) is 0 Å². The fourth-order valence-corrected chi connectivity index (χ4v) is 3.61. The number of carbonyl (C=O) groups is 1. The standard InChI is InChI=1S/C21H19BrN2O3/c1-2-27-20(25)18(14-23)19-12-13-21(26,15-6-4-3-5-7-15)24(19)17-10-8-16(22)9-11-17/h3-11,26H,2,12-13H2,1H3/b19-18-/t21-/m0/s1. The lowest BCUT2D eigenvalue weighted by molar-refractivity contribution is -0.138. The highest BCUT2D eigenvalue weighted by Crippen LogP contribution is 2.46. The van der Waals surface area contributed by atoms with Crippen LogP contribution in [-0.2, 0) is 15.3 Å². The van der Waals surface area contributed by atoms with Crippen molar-refractivity contribution in [1.29, 1.82) is 5.26 Å². The van der Waals surface area contributed by atoms with Crippen molar-refractivity contribution in [2.75, 3.05) is 11.5 Å². The van der Waals surface area contributed by atoms with Crippen LogP contribution in [0.4, 0.5) is 5.69 Å². The molecule has 0 amide bonds. The molecule has 0 bridgehead atoms. The minimum absolute atomic E-state index is 0.0772. The van der Waals surface area contributed by atoms with Gasteiger partial charge in [-0.1, -0.05) is 46.3 Å². The predicted molar refractivity (Wildman–Crippen MR) is 105 cm³/mol. The van der Waals surface area contributed by atoms with Crippen molar-refractivity contribution in [3.05, 3.63) is 75.9 Å². The Morgan fingerprint density at radius 3 is 2.52 bits per heavy atom. The molecule has 1 heterocycles. The molecule has 1 saturated heterocycles. The van der Waals surface area contributed by atoms with Crippen LogP contribution in [0.5, 0.6) is 0 Å². The van der Waals surface area contributed by atoms with E-state index < -0.39 is 11.7 Å². The quantitative estimate of drug-likeness (QED) is 0.449. The Bertz CT molecular complexity index is 903. The SMILES string of the molecule is CCOC(=O)/C(C#N)=C1/CC[C@](O)(c2ccccc2)N1c1ccc(Br)cc1. The molecule has 0 aliphatic carbocycles. The van der Waals surface area contributed by atoms with Gasteiger partial charge in [0.15, 0.2) is 11.3 Å². The molecule has 3 rings (SSSR count). The lowest BCUT2D eigenvalue weighted by atomic mass is 10.00. The lowest BCUT2D eigenvalue weighted by Gasteiger charge is -2.36. The molecule has 0 radical (unpaired) electrons. The third-order valence-electron chi connectivity index (χ3n) is 4.55. The van der Waals surface area contributed by atoms with E-state index in [-0.39, 0.29) is 12.2 Å². The number of carbonyl (C=O) groups excluding carboxylic acids is 1. The van der Waals surface area contributed by atoms with Crippen LogP contribution < -0.4 is 4.90 Å². The second kappa shape index (κ2) is 7.95. The molecule has 1 aliphatic heterocycles. The molecule has 1 fully saturated rings. The van der Waals surface area contributed by atoms with Gasteiger partial charge in [0.2, 0.25) is 0 Å². The van der Waals surface area contributed by atoms with E-state index >= 15 is 0 Å². The minimum atomic E-state index is -1.36. The van der Waals surface area contributed by atoms with E-state index in [0.29, 0.717) is 29.8 Å². The second-order valence-electron chi connectivity index (χ2n) is 6.15. The van der Waals surface area contributed by atoms with Gasteiger partial charge >= 0.3 is 5.97 Å². The van der Waals surface area contributed by atoms with Gasteiger partial charge in [-0.15, -0.1) is 0 Å². The Labute approximate surface area is 166 Å². The summed E-state index contributed by atoms with van der Waals surface area (Å²) in [4.78, 5) is 14.0. The first-order chi connectivity index (χ1) is 13.0. The van der Waals surface area contributed by atoms with Crippen LogP contribution in [0.25, 0.3) is 0 Å². The van der Waals surface area contributed by atoms with E-state index in [4.69, 9.17) is 4.74 Å². The maximum absolute atomic E-state index is 12.3. The summed E-state index contributed by atoms with van der Waals surface area (Å²) in [5.74, 6) is -0.672. The number of hydrogen-bond donors (Lipinski definition) is 1. The maximum Gasteiger partial charge on any atom is 0.350 e. The number of esters is 1. The fraction of sp³-hybridized carbons (Fsp3) is 0.238. The summed E-state index contributed by atoms with van der Waals surface area (Å²) >= 11 is 3.41. The van der Waals surface area contributed by atoms with Gasteiger partial charge in [0, 0.05) is 27.8 Å². The predicted octanol–water partition coefficient (Wildman–Crippen LogP) is 4.24. The largest absolute Gasteiger partial charge is 0.462 e. The van der Waals surface area contributed by atoms with Gasteiger partial charge in [-0.2, -0.15) is 5.26 Å². The Morgan fingerprint density at radius 2 is 1.93 bits per heavy atom. The average Bonchev–Trinajstić information content (AvgIpc) is 3.02. The smallest absolute Gasteiger partial charge is 0.350 e. The maximum atomic E-state index is 12.3. The Hall–Kier alpha value is -2.62. The molecule has 1 atom stereocenters. The van der Waals surface area contributed by atoms with Crippen molar-refractivity contribution in [1.82, 2.24) is 0 Å². The van der Waals surface area contributed by atoms with Crippen molar-refractivity contribution in [3.8, 4) is 6.07 Å². The van der Waals surface area contributed by atoms with Crippen LogP contribution >= 0.6 is 15.9 Å². The zero-order chi connectivity index (χ0) is 19.4. The van der Waals surface area contributed by atoms with E-state index in [1.54, 1.807) is 11.8 Å². The first-order valence-electron chi connectivity index (χ1n) is 8.65. The number of halogens is 1. The molecular weight excluding hydrogens is 408 g/mol. The summed E-state index contributed by atoms with van der Waals surface area (Å²) < 4.78 is 5.94. The summed E-state index contributed by atoms with van der Waals surface area (Å²) in [5.41, 5.74) is 0.411. The van der Waals surface area contributed by atoms with Crippen LogP contribution in [-0.4, -0.2) is 17.7 Å². The van der Waals surface area contributed by atoms with Gasteiger partial charge in [0.05, 0.1) is 6.61 Å². The first-order valence-corrected chi connectivity index (χ1v) is 9.44. The molecule has 0 aromatic heterocycles. The third-order valence-corrected chi connectivity index (χ3v) is 5.08. The van der Waals surface area contributed by atoms with E-state index in [2.05, 4.69) is 15.9 Å². The molecule has 138 valence electrons. The van der Waals surface area contributed by atoms with Gasteiger partial charge in [-0.3, -0.25) is 0 Å². The highest BCUT2D eigenvalue weighted by Gasteiger charge is 2.46. The number of ether oxygens (including phenoxy) is 1. The number of anilines is 1. The Kier molecular flexibility index (Phi) is 5.64. The van der Waals surface area contributed by atoms with Crippen LogP contribution in [0.3, 0.4) is 0 Å². The average molecular weight is 427 g/mol. The number of aliphatic hydroxyl groups is 1. The molecule has 5 nitrogen and oxygen atoms in total. The van der Waals surface area contributed by atoms with E-state index in [9.17, 15) is 15.2 Å². The summed E-state index contributed by atoms with van der Waals surface area (Å²) in [6, 6.07) is 18.6. The van der Waals surface area contributed by atoms with Gasteiger partial charge in [0.1, 0.15) is 6.07 Å². The fourth-order valence-electron chi connectivity index (χ4n) is 3.35. The van der Waals surface area contributed by atoms with Crippen molar-refractivity contribution < 1.29 is 14.6 Å². The number of allylic oxidation sites excluding steroid dienone is 1. The van der Waals surface area contributed by atoms with E-state index in [1.165, 1.54) is 0 Å². The first kappa shape index (κ1) is 19.2. The molecule has 0 saturated carbocycles. The number of hydrogen-bond acceptors (Lipinski definition) is 5. The third kappa shape index (κ3) is 3.61. The van der Waals surface area contributed by atoms with Crippen LogP contribution in [0.1, 0.15) is 25.3 Å². The van der Waals surface area contributed by atoms with Crippen molar-refractivity contribution >= 4 is 27.6 Å². The molecular formula is C21H19BrN2O3. The Balaban J connectivity index is 2.19. The summed E-state index contributed by atoms with van der Waals surface area (Å²) in [5, 5.41) is 21.2. The molecule has 0 unspecified atom stereocenters. The monoisotopic (exact) mass is 426 g/mol. The second-order valence-corrected chi connectivity index (χ2v) is 7.06. The van der Waals surface area contributed by atoms with Crippen LogP contribution in [0, 0.1) is 11.3 Å². The topological polar surface area (TPSA) is 73.6 Å². The highest BCUT2D eigenvalue weighted by molar-refractivity contribution is 9.10. The lowest BCUT2D eigenvalue weighted by Crippen LogP contribution is -2.41. The molecule has 27 heavy (non-hydrogen) atoms. The summed E-state index contributed by atoms with van der Waals surface area (Å²) in [6.07, 6.45) is 0.732. The minimum Gasteiger partial charge on any atom is -0.462 e. The van der Waals surface area contributed by atoms with Crippen molar-refractivity contribution in [2.24, 2.45) is 0 Å². The normalized spacial score (nSPS) is 20.9. The van der Waals surface area contributed by atoms with Crippen molar-refractivity contribution in [2.45, 2.75) is 25.5 Å². The molecule has 6 heteroatoms. The molecule has 0 spiro atoms. The zero-order valence-electron chi connectivity index (χ0n) is 14.9. The van der Waals surface area contributed by atoms with E-state index in [1.807, 2.05) is 60.7 Å². The van der Waals surface area contributed by atoms with Crippen LogP contribution in [0.15, 0.2) is 70.3 Å². The zero-order valence-corrected chi connectivity index (χ0v) is 16.4.